The van der Waals surface area contributed by atoms with Crippen LogP contribution in [0.3, 0.4) is 0 Å². The first kappa shape index (κ1) is 17.7. The molecule has 3 aromatic carbocycles. The first-order chi connectivity index (χ1) is 12.5. The highest BCUT2D eigenvalue weighted by Crippen LogP contribution is 2.18. The van der Waals surface area contributed by atoms with Crippen molar-refractivity contribution in [3.8, 4) is 0 Å². The van der Waals surface area contributed by atoms with Gasteiger partial charge in [0, 0.05) is 12.0 Å². The van der Waals surface area contributed by atoms with Crippen LogP contribution in [0.2, 0.25) is 0 Å². The molecule has 1 amide bonds. The van der Waals surface area contributed by atoms with Crippen molar-refractivity contribution in [3.63, 3.8) is 0 Å². The SMILES string of the molecule is Cc1cccc(C)c1C[C@H](NC(=O)c1ccc2ccccc2c1)C(=O)O. The first-order valence-corrected chi connectivity index (χ1v) is 8.53. The topological polar surface area (TPSA) is 66.4 Å². The highest BCUT2D eigenvalue weighted by Gasteiger charge is 2.22. The van der Waals surface area contributed by atoms with Crippen molar-refractivity contribution in [1.82, 2.24) is 5.32 Å². The summed E-state index contributed by atoms with van der Waals surface area (Å²) >= 11 is 0. The lowest BCUT2D eigenvalue weighted by Crippen LogP contribution is -2.42. The molecule has 4 nitrogen and oxygen atoms in total. The number of amides is 1. The lowest BCUT2D eigenvalue weighted by molar-refractivity contribution is -0.139. The molecule has 26 heavy (non-hydrogen) atoms. The van der Waals surface area contributed by atoms with Gasteiger partial charge in [-0.05, 0) is 53.4 Å². The minimum absolute atomic E-state index is 0.257. The van der Waals surface area contributed by atoms with E-state index >= 15 is 0 Å². The van der Waals surface area contributed by atoms with Crippen molar-refractivity contribution in [3.05, 3.63) is 82.9 Å². The Bertz CT molecular complexity index is 958. The highest BCUT2D eigenvalue weighted by atomic mass is 16.4. The quantitative estimate of drug-likeness (QED) is 0.736. The molecule has 0 heterocycles. The van der Waals surface area contributed by atoms with Crippen molar-refractivity contribution < 1.29 is 14.7 Å². The Hall–Kier alpha value is -3.14. The van der Waals surface area contributed by atoms with E-state index in [1.807, 2.05) is 62.4 Å². The summed E-state index contributed by atoms with van der Waals surface area (Å²) in [6, 6.07) is 18.0. The standard InChI is InChI=1S/C22H21NO3/c1-14-6-5-7-15(2)19(14)13-20(22(25)26)23-21(24)18-11-10-16-8-3-4-9-17(16)12-18/h3-12,20H,13H2,1-2H3,(H,23,24)(H,25,26)/t20-/m0/s1. The molecule has 132 valence electrons. The van der Waals surface area contributed by atoms with Crippen LogP contribution < -0.4 is 5.32 Å². The fourth-order valence-corrected chi connectivity index (χ4v) is 3.15. The van der Waals surface area contributed by atoms with Gasteiger partial charge in [0.15, 0.2) is 0 Å². The van der Waals surface area contributed by atoms with Crippen molar-refractivity contribution in [1.29, 1.82) is 0 Å². The maximum absolute atomic E-state index is 12.6. The molecule has 3 rings (SSSR count). The molecule has 0 unspecified atom stereocenters. The normalized spacial score (nSPS) is 11.9. The van der Waals surface area contributed by atoms with E-state index in [1.54, 1.807) is 12.1 Å². The summed E-state index contributed by atoms with van der Waals surface area (Å²) in [6.45, 7) is 3.90. The summed E-state index contributed by atoms with van der Waals surface area (Å²) in [6.07, 6.45) is 0.257. The molecule has 0 fully saturated rings. The lowest BCUT2D eigenvalue weighted by atomic mass is 9.96. The molecule has 0 spiro atoms. The minimum Gasteiger partial charge on any atom is -0.480 e. The van der Waals surface area contributed by atoms with Crippen LogP contribution in [0.25, 0.3) is 10.8 Å². The monoisotopic (exact) mass is 347 g/mol. The third kappa shape index (κ3) is 3.75. The Morgan fingerprint density at radius 1 is 0.923 bits per heavy atom. The molecule has 0 saturated carbocycles. The van der Waals surface area contributed by atoms with Crippen LogP contribution in [0.4, 0.5) is 0 Å². The van der Waals surface area contributed by atoms with Gasteiger partial charge >= 0.3 is 5.97 Å². The molecule has 0 aliphatic rings. The van der Waals surface area contributed by atoms with Crippen molar-refractivity contribution in [2.45, 2.75) is 26.3 Å². The zero-order chi connectivity index (χ0) is 18.7. The van der Waals surface area contributed by atoms with Crippen LogP contribution in [0.5, 0.6) is 0 Å². The largest absolute Gasteiger partial charge is 0.480 e. The smallest absolute Gasteiger partial charge is 0.326 e. The molecule has 0 aliphatic heterocycles. The van der Waals surface area contributed by atoms with Crippen LogP contribution >= 0.6 is 0 Å². The number of carbonyl (C=O) groups is 2. The zero-order valence-electron chi connectivity index (χ0n) is 14.8. The van der Waals surface area contributed by atoms with Gasteiger partial charge in [-0.3, -0.25) is 4.79 Å². The number of hydrogen-bond donors (Lipinski definition) is 2. The number of fused-ring (bicyclic) bond motifs is 1. The number of hydrogen-bond acceptors (Lipinski definition) is 2. The van der Waals surface area contributed by atoms with Crippen LogP contribution in [0, 0.1) is 13.8 Å². The molecule has 0 radical (unpaired) electrons. The van der Waals surface area contributed by atoms with E-state index < -0.39 is 12.0 Å². The Kier molecular flexibility index (Phi) is 5.03. The second-order valence-electron chi connectivity index (χ2n) is 6.50. The van der Waals surface area contributed by atoms with Gasteiger partial charge in [-0.1, -0.05) is 48.5 Å². The van der Waals surface area contributed by atoms with Gasteiger partial charge in [0.25, 0.3) is 5.91 Å². The maximum atomic E-state index is 12.6. The van der Waals surface area contributed by atoms with Gasteiger partial charge in [-0.2, -0.15) is 0 Å². The van der Waals surface area contributed by atoms with Crippen LogP contribution in [0.1, 0.15) is 27.0 Å². The predicted octanol–water partition coefficient (Wildman–Crippen LogP) is 3.88. The summed E-state index contributed by atoms with van der Waals surface area (Å²) in [4.78, 5) is 24.3. The Morgan fingerprint density at radius 2 is 1.58 bits per heavy atom. The molecule has 2 N–H and O–H groups in total. The van der Waals surface area contributed by atoms with E-state index in [-0.39, 0.29) is 12.3 Å². The number of aryl methyl sites for hydroxylation is 2. The van der Waals surface area contributed by atoms with E-state index in [2.05, 4.69) is 5.32 Å². The van der Waals surface area contributed by atoms with E-state index in [0.29, 0.717) is 5.56 Å². The first-order valence-electron chi connectivity index (χ1n) is 8.53. The summed E-state index contributed by atoms with van der Waals surface area (Å²) in [7, 11) is 0. The van der Waals surface area contributed by atoms with Gasteiger partial charge in [-0.25, -0.2) is 4.79 Å². The van der Waals surface area contributed by atoms with Crippen molar-refractivity contribution in [2.75, 3.05) is 0 Å². The summed E-state index contributed by atoms with van der Waals surface area (Å²) in [5, 5.41) is 14.2. The van der Waals surface area contributed by atoms with Crippen LogP contribution in [-0.4, -0.2) is 23.0 Å². The van der Waals surface area contributed by atoms with Gasteiger partial charge in [0.05, 0.1) is 0 Å². The molecule has 3 aromatic rings. The van der Waals surface area contributed by atoms with Gasteiger partial charge < -0.3 is 10.4 Å². The second-order valence-corrected chi connectivity index (χ2v) is 6.50. The van der Waals surface area contributed by atoms with Gasteiger partial charge in [0.1, 0.15) is 6.04 Å². The van der Waals surface area contributed by atoms with Crippen molar-refractivity contribution >= 4 is 22.6 Å². The molecule has 0 bridgehead atoms. The molecule has 0 saturated heterocycles. The van der Waals surface area contributed by atoms with Gasteiger partial charge in [0.2, 0.25) is 0 Å². The lowest BCUT2D eigenvalue weighted by Gasteiger charge is -2.17. The number of carboxylic acid groups (broad SMARTS) is 1. The number of nitrogens with one attached hydrogen (secondary N) is 1. The summed E-state index contributed by atoms with van der Waals surface area (Å²) in [5.41, 5.74) is 3.46. The maximum Gasteiger partial charge on any atom is 0.326 e. The zero-order valence-corrected chi connectivity index (χ0v) is 14.8. The molecule has 1 atom stereocenters. The molecule has 0 aliphatic carbocycles. The molecule has 4 heteroatoms. The van der Waals surface area contributed by atoms with Crippen LogP contribution in [-0.2, 0) is 11.2 Å². The minimum atomic E-state index is -1.04. The molecular weight excluding hydrogens is 326 g/mol. The highest BCUT2D eigenvalue weighted by molar-refractivity contribution is 6.00. The molecule has 0 aromatic heterocycles. The predicted molar refractivity (Wildman–Crippen MR) is 102 cm³/mol. The number of carbonyl (C=O) groups excluding carboxylic acids is 1. The summed E-state index contributed by atoms with van der Waals surface area (Å²) in [5.74, 6) is -1.42. The third-order valence-corrected chi connectivity index (χ3v) is 4.67. The van der Waals surface area contributed by atoms with Crippen LogP contribution in [0.15, 0.2) is 60.7 Å². The Morgan fingerprint density at radius 3 is 2.23 bits per heavy atom. The Labute approximate surface area is 152 Å². The number of carboxylic acids is 1. The number of benzene rings is 3. The van der Waals surface area contributed by atoms with E-state index in [9.17, 15) is 14.7 Å². The van der Waals surface area contributed by atoms with E-state index in [1.165, 1.54) is 0 Å². The average molecular weight is 347 g/mol. The average Bonchev–Trinajstić information content (AvgIpc) is 2.63. The Balaban J connectivity index is 1.83. The summed E-state index contributed by atoms with van der Waals surface area (Å²) < 4.78 is 0. The second kappa shape index (κ2) is 7.40. The van der Waals surface area contributed by atoms with E-state index in [4.69, 9.17) is 0 Å². The van der Waals surface area contributed by atoms with Crippen molar-refractivity contribution in [2.24, 2.45) is 0 Å². The van der Waals surface area contributed by atoms with E-state index in [0.717, 1.165) is 27.5 Å². The fraction of sp³-hybridized carbons (Fsp3) is 0.182. The fourth-order valence-electron chi connectivity index (χ4n) is 3.15. The third-order valence-electron chi connectivity index (χ3n) is 4.67. The number of aliphatic carboxylic acids is 1. The molecular formula is C22H21NO3. The number of rotatable bonds is 5. The van der Waals surface area contributed by atoms with Gasteiger partial charge in [-0.15, -0.1) is 0 Å².